The molecule has 0 saturated carbocycles. The Morgan fingerprint density at radius 2 is 1.73 bits per heavy atom. The van der Waals surface area contributed by atoms with Gasteiger partial charge in [0.15, 0.2) is 11.6 Å². The van der Waals surface area contributed by atoms with Gasteiger partial charge in [0.2, 0.25) is 5.91 Å². The Morgan fingerprint density at radius 3 is 2.36 bits per heavy atom. The van der Waals surface area contributed by atoms with Crippen LogP contribution in [-0.2, 0) is 4.79 Å². The van der Waals surface area contributed by atoms with E-state index >= 15 is 0 Å². The lowest BCUT2D eigenvalue weighted by molar-refractivity contribution is -0.116. The number of amides is 1. The number of nitrogens with zero attached hydrogens (tertiary/aromatic N) is 2. The monoisotopic (exact) mass is 311 g/mol. The summed E-state index contributed by atoms with van der Waals surface area (Å²) in [4.78, 5) is 18.4. The van der Waals surface area contributed by atoms with Crippen molar-refractivity contribution in [2.45, 2.75) is 71.1 Å². The molecule has 2 N–H and O–H groups in total. The molecule has 1 heterocycles. The Balaban J connectivity index is 2.07. The van der Waals surface area contributed by atoms with Crippen LogP contribution >= 0.6 is 0 Å². The largest absolute Gasteiger partial charge is 0.479 e. The molecule has 0 fully saturated rings. The number of unbranched alkanes of at least 4 members (excludes halogenated alkanes) is 8. The minimum atomic E-state index is -0.752. The van der Waals surface area contributed by atoms with Crippen molar-refractivity contribution < 1.29 is 14.3 Å². The Kier molecular flexibility index (Phi) is 9.11. The van der Waals surface area contributed by atoms with E-state index in [-0.39, 0.29) is 11.7 Å². The summed E-state index contributed by atoms with van der Waals surface area (Å²) < 4.78 is 13.3. The van der Waals surface area contributed by atoms with Crippen molar-refractivity contribution in [1.29, 1.82) is 0 Å². The van der Waals surface area contributed by atoms with Crippen LogP contribution in [0.3, 0.4) is 0 Å². The SMILES string of the molecule is CCCCCCCCCCCC(=O)Nc1nc(O)ncc1F. The zero-order chi connectivity index (χ0) is 16.2. The Labute approximate surface area is 131 Å². The minimum absolute atomic E-state index is 0.270. The highest BCUT2D eigenvalue weighted by Crippen LogP contribution is 2.14. The lowest BCUT2D eigenvalue weighted by Crippen LogP contribution is -2.13. The Hall–Kier alpha value is -1.72. The van der Waals surface area contributed by atoms with Gasteiger partial charge in [-0.3, -0.25) is 4.79 Å². The summed E-state index contributed by atoms with van der Waals surface area (Å²) in [5.74, 6) is -1.31. The van der Waals surface area contributed by atoms with Crippen molar-refractivity contribution >= 4 is 11.7 Å². The first-order valence-corrected chi connectivity index (χ1v) is 8.15. The maximum Gasteiger partial charge on any atom is 0.316 e. The Morgan fingerprint density at radius 1 is 1.14 bits per heavy atom. The standard InChI is InChI=1S/C16H26FN3O2/c1-2-3-4-5-6-7-8-9-10-11-14(21)19-15-13(17)12-18-16(22)20-15/h12H,2-11H2,1H3,(H2,18,19,20,21,22). The van der Waals surface area contributed by atoms with Crippen LogP contribution < -0.4 is 5.32 Å². The molecule has 22 heavy (non-hydrogen) atoms. The van der Waals surface area contributed by atoms with Crippen LogP contribution in [0.15, 0.2) is 6.20 Å². The van der Waals surface area contributed by atoms with Crippen LogP contribution in [0.4, 0.5) is 10.2 Å². The quantitative estimate of drug-likeness (QED) is 0.601. The number of hydrogen-bond donors (Lipinski definition) is 2. The molecule has 0 aliphatic carbocycles. The van der Waals surface area contributed by atoms with E-state index in [2.05, 4.69) is 22.2 Å². The molecule has 0 aliphatic rings. The van der Waals surface area contributed by atoms with Crippen molar-refractivity contribution in [2.75, 3.05) is 5.32 Å². The second-order valence-electron chi connectivity index (χ2n) is 5.49. The molecule has 0 aromatic carbocycles. The number of anilines is 1. The van der Waals surface area contributed by atoms with Gasteiger partial charge in [-0.15, -0.1) is 0 Å². The second kappa shape index (κ2) is 10.9. The fourth-order valence-electron chi connectivity index (χ4n) is 2.24. The molecule has 1 amide bonds. The zero-order valence-electron chi connectivity index (χ0n) is 13.3. The molecule has 0 bridgehead atoms. The first-order chi connectivity index (χ1) is 10.6. The van der Waals surface area contributed by atoms with E-state index in [0.717, 1.165) is 25.5 Å². The summed E-state index contributed by atoms with van der Waals surface area (Å²) in [6, 6.07) is -0.556. The molecule has 1 aromatic heterocycles. The molecule has 0 saturated heterocycles. The van der Waals surface area contributed by atoms with Gasteiger partial charge >= 0.3 is 6.01 Å². The topological polar surface area (TPSA) is 75.1 Å². The van der Waals surface area contributed by atoms with Gasteiger partial charge in [-0.1, -0.05) is 58.3 Å². The summed E-state index contributed by atoms with van der Waals surface area (Å²) >= 11 is 0. The van der Waals surface area contributed by atoms with E-state index in [9.17, 15) is 9.18 Å². The van der Waals surface area contributed by atoms with Gasteiger partial charge in [-0.05, 0) is 6.42 Å². The normalized spacial score (nSPS) is 10.6. The maximum atomic E-state index is 13.3. The lowest BCUT2D eigenvalue weighted by Gasteiger charge is -2.05. The molecule has 0 aliphatic heterocycles. The molecule has 0 atom stereocenters. The van der Waals surface area contributed by atoms with Crippen molar-refractivity contribution in [2.24, 2.45) is 0 Å². The summed E-state index contributed by atoms with van der Waals surface area (Å²) in [6.07, 6.45) is 11.7. The molecule has 124 valence electrons. The predicted molar refractivity (Wildman–Crippen MR) is 84.1 cm³/mol. The summed E-state index contributed by atoms with van der Waals surface area (Å²) in [7, 11) is 0. The summed E-state index contributed by atoms with van der Waals surface area (Å²) in [5, 5.41) is 11.4. The van der Waals surface area contributed by atoms with Crippen LogP contribution in [0, 0.1) is 5.82 Å². The highest BCUT2D eigenvalue weighted by Gasteiger charge is 2.09. The first kappa shape index (κ1) is 18.3. The summed E-state index contributed by atoms with van der Waals surface area (Å²) in [5.41, 5.74) is 0. The van der Waals surface area contributed by atoms with E-state index < -0.39 is 11.8 Å². The van der Waals surface area contributed by atoms with Gasteiger partial charge in [0.1, 0.15) is 0 Å². The number of carbonyl (C=O) groups excluding carboxylic acids is 1. The molecule has 0 radical (unpaired) electrons. The van der Waals surface area contributed by atoms with Gasteiger partial charge in [0, 0.05) is 6.42 Å². The summed E-state index contributed by atoms with van der Waals surface area (Å²) in [6.45, 7) is 2.21. The number of rotatable bonds is 11. The van der Waals surface area contributed by atoms with Crippen LogP contribution in [0.5, 0.6) is 6.01 Å². The van der Waals surface area contributed by atoms with Gasteiger partial charge in [-0.2, -0.15) is 4.98 Å². The van der Waals surface area contributed by atoms with Crippen molar-refractivity contribution in [3.63, 3.8) is 0 Å². The third-order valence-electron chi connectivity index (χ3n) is 3.50. The van der Waals surface area contributed by atoms with Gasteiger partial charge < -0.3 is 10.4 Å². The number of carbonyl (C=O) groups is 1. The highest BCUT2D eigenvalue weighted by atomic mass is 19.1. The Bertz CT molecular complexity index is 455. The van der Waals surface area contributed by atoms with Crippen LogP contribution in [-0.4, -0.2) is 21.0 Å². The second-order valence-corrected chi connectivity index (χ2v) is 5.49. The van der Waals surface area contributed by atoms with E-state index in [1.807, 2.05) is 0 Å². The first-order valence-electron chi connectivity index (χ1n) is 8.15. The molecular weight excluding hydrogens is 285 g/mol. The van der Waals surface area contributed by atoms with Crippen LogP contribution in [0.2, 0.25) is 0 Å². The number of nitrogens with one attached hydrogen (secondary N) is 1. The van der Waals surface area contributed by atoms with E-state index in [4.69, 9.17) is 5.11 Å². The average molecular weight is 311 g/mol. The van der Waals surface area contributed by atoms with Crippen LogP contribution in [0.1, 0.15) is 71.1 Å². The van der Waals surface area contributed by atoms with Crippen molar-refractivity contribution in [3.05, 3.63) is 12.0 Å². The third-order valence-corrected chi connectivity index (χ3v) is 3.50. The van der Waals surface area contributed by atoms with Crippen molar-refractivity contribution in [3.8, 4) is 6.01 Å². The number of aromatic nitrogens is 2. The number of hydrogen-bond acceptors (Lipinski definition) is 4. The van der Waals surface area contributed by atoms with Crippen LogP contribution in [0.25, 0.3) is 0 Å². The minimum Gasteiger partial charge on any atom is -0.479 e. The van der Waals surface area contributed by atoms with E-state index in [1.165, 1.54) is 38.5 Å². The van der Waals surface area contributed by atoms with Gasteiger partial charge in [0.05, 0.1) is 6.20 Å². The highest BCUT2D eigenvalue weighted by molar-refractivity contribution is 5.89. The molecule has 1 aromatic rings. The van der Waals surface area contributed by atoms with Crippen molar-refractivity contribution in [1.82, 2.24) is 9.97 Å². The van der Waals surface area contributed by atoms with E-state index in [0.29, 0.717) is 6.42 Å². The molecule has 5 nitrogen and oxygen atoms in total. The average Bonchev–Trinajstić information content (AvgIpc) is 2.49. The zero-order valence-corrected chi connectivity index (χ0v) is 13.3. The molecular formula is C16H26FN3O2. The fraction of sp³-hybridized carbons (Fsp3) is 0.688. The lowest BCUT2D eigenvalue weighted by atomic mass is 10.1. The number of aromatic hydroxyl groups is 1. The molecule has 1 rings (SSSR count). The smallest absolute Gasteiger partial charge is 0.316 e. The predicted octanol–water partition coefficient (Wildman–Crippen LogP) is 4.18. The third kappa shape index (κ3) is 7.90. The molecule has 0 unspecified atom stereocenters. The molecule has 6 heteroatoms. The van der Waals surface area contributed by atoms with Gasteiger partial charge in [-0.25, -0.2) is 9.37 Å². The fourth-order valence-corrected chi connectivity index (χ4v) is 2.24. The maximum absolute atomic E-state index is 13.3. The van der Waals surface area contributed by atoms with E-state index in [1.54, 1.807) is 0 Å². The molecule has 0 spiro atoms. The number of halogens is 1. The van der Waals surface area contributed by atoms with Gasteiger partial charge in [0.25, 0.3) is 0 Å².